The molecule has 0 aliphatic heterocycles. The van der Waals surface area contributed by atoms with E-state index < -0.39 is 12.0 Å². The Bertz CT molecular complexity index is 592. The third-order valence-corrected chi connectivity index (χ3v) is 7.53. The lowest BCUT2D eigenvalue weighted by atomic mass is 10.1. The highest BCUT2D eigenvalue weighted by Gasteiger charge is 2.21. The molecule has 0 saturated carbocycles. The summed E-state index contributed by atoms with van der Waals surface area (Å²) in [6.07, 6.45) is 23.4. The number of rotatable bonds is 28. The van der Waals surface area contributed by atoms with Gasteiger partial charge >= 0.3 is 12.0 Å². The van der Waals surface area contributed by atoms with Crippen molar-refractivity contribution in [3.05, 3.63) is 0 Å². The molecule has 0 unspecified atom stereocenters. The molecule has 0 heterocycles. The molecular formula is C31H60BrN3O4. The van der Waals surface area contributed by atoms with Crippen LogP contribution in [0.3, 0.4) is 0 Å². The molecule has 0 rings (SSSR count). The van der Waals surface area contributed by atoms with Crippen LogP contribution in [0.1, 0.15) is 149 Å². The van der Waals surface area contributed by atoms with Gasteiger partial charge in [-0.2, -0.15) is 0 Å². The zero-order valence-electron chi connectivity index (χ0n) is 25.3. The van der Waals surface area contributed by atoms with Gasteiger partial charge in [0.25, 0.3) is 0 Å². The van der Waals surface area contributed by atoms with Gasteiger partial charge in [-0.1, -0.05) is 113 Å². The molecule has 0 aromatic rings. The van der Waals surface area contributed by atoms with Crippen LogP contribution in [0.25, 0.3) is 0 Å². The number of amides is 3. The number of halogens is 1. The van der Waals surface area contributed by atoms with Gasteiger partial charge in [0, 0.05) is 24.8 Å². The van der Waals surface area contributed by atoms with Gasteiger partial charge in [0.15, 0.2) is 0 Å². The molecule has 0 fully saturated rings. The standard InChI is InChI=1S/C31H60BrN3O4/c1-3-5-6-7-8-9-12-15-18-24-29(36)33-26-22-19-23-28(30(37)39-4-2)35-31(38)34-27-21-17-14-11-10-13-16-20-25-32/h28H,3-27H2,1-2H3,(H,33,36)(H2,34,35,38)/t28-/m0/s1. The van der Waals surface area contributed by atoms with Crippen molar-refractivity contribution in [2.45, 2.75) is 155 Å². The molecule has 0 saturated heterocycles. The summed E-state index contributed by atoms with van der Waals surface area (Å²) in [6, 6.07) is -0.987. The normalized spacial score (nSPS) is 11.7. The van der Waals surface area contributed by atoms with Crippen LogP contribution in [-0.2, 0) is 14.3 Å². The third-order valence-electron chi connectivity index (χ3n) is 6.97. The van der Waals surface area contributed by atoms with Gasteiger partial charge in [-0.15, -0.1) is 0 Å². The summed E-state index contributed by atoms with van der Waals surface area (Å²) < 4.78 is 5.15. The van der Waals surface area contributed by atoms with E-state index >= 15 is 0 Å². The van der Waals surface area contributed by atoms with Crippen molar-refractivity contribution >= 4 is 33.8 Å². The van der Waals surface area contributed by atoms with E-state index in [0.717, 1.165) is 43.9 Å². The fraction of sp³-hybridized carbons (Fsp3) is 0.903. The first kappa shape index (κ1) is 37.7. The molecule has 0 bridgehead atoms. The van der Waals surface area contributed by atoms with Gasteiger partial charge in [-0.25, -0.2) is 9.59 Å². The molecule has 0 spiro atoms. The van der Waals surface area contributed by atoms with Crippen LogP contribution in [0.15, 0.2) is 0 Å². The van der Waals surface area contributed by atoms with Gasteiger partial charge in [0.05, 0.1) is 6.61 Å². The lowest BCUT2D eigenvalue weighted by Gasteiger charge is -2.18. The Hall–Kier alpha value is -1.31. The second-order valence-electron chi connectivity index (χ2n) is 10.6. The minimum atomic E-state index is -0.665. The molecule has 3 N–H and O–H groups in total. The van der Waals surface area contributed by atoms with Crippen molar-refractivity contribution in [1.29, 1.82) is 0 Å². The van der Waals surface area contributed by atoms with Crippen LogP contribution >= 0.6 is 15.9 Å². The van der Waals surface area contributed by atoms with Crippen LogP contribution in [-0.4, -0.2) is 49.0 Å². The number of ether oxygens (including phenoxy) is 1. The fourth-order valence-electron chi connectivity index (χ4n) is 4.57. The van der Waals surface area contributed by atoms with Crippen LogP contribution < -0.4 is 16.0 Å². The smallest absolute Gasteiger partial charge is 0.328 e. The molecule has 1 atom stereocenters. The van der Waals surface area contributed by atoms with Crippen LogP contribution in [0, 0.1) is 0 Å². The minimum Gasteiger partial charge on any atom is -0.464 e. The van der Waals surface area contributed by atoms with Crippen molar-refractivity contribution < 1.29 is 19.1 Å². The summed E-state index contributed by atoms with van der Waals surface area (Å²) in [5.74, 6) is -0.297. The number of urea groups is 1. The van der Waals surface area contributed by atoms with Gasteiger partial charge in [0.2, 0.25) is 5.91 Å². The van der Waals surface area contributed by atoms with Gasteiger partial charge in [0.1, 0.15) is 6.04 Å². The first-order valence-electron chi connectivity index (χ1n) is 16.1. The van der Waals surface area contributed by atoms with Crippen molar-refractivity contribution in [1.82, 2.24) is 16.0 Å². The molecule has 230 valence electrons. The number of hydrogen-bond donors (Lipinski definition) is 3. The molecule has 3 amide bonds. The average Bonchev–Trinajstić information content (AvgIpc) is 2.92. The number of nitrogens with one attached hydrogen (secondary N) is 3. The average molecular weight is 619 g/mol. The number of unbranched alkanes of at least 4 members (excludes halogenated alkanes) is 16. The SMILES string of the molecule is CCCCCCCCCCCC(=O)NCCCC[C@H](NC(=O)NCCCCCCCCCCBr)C(=O)OCC. The van der Waals surface area contributed by atoms with Crippen molar-refractivity contribution in [3.8, 4) is 0 Å². The summed E-state index contributed by atoms with van der Waals surface area (Å²) in [7, 11) is 0. The summed E-state index contributed by atoms with van der Waals surface area (Å²) in [5, 5.41) is 9.72. The molecule has 7 nitrogen and oxygen atoms in total. The lowest BCUT2D eigenvalue weighted by Crippen LogP contribution is -2.47. The molecule has 8 heteroatoms. The lowest BCUT2D eigenvalue weighted by molar-refractivity contribution is -0.145. The van der Waals surface area contributed by atoms with E-state index in [1.807, 2.05) is 0 Å². The Morgan fingerprint density at radius 1 is 0.641 bits per heavy atom. The molecule has 39 heavy (non-hydrogen) atoms. The van der Waals surface area contributed by atoms with Gasteiger partial charge in [-0.05, 0) is 45.4 Å². The fourth-order valence-corrected chi connectivity index (χ4v) is 4.97. The highest BCUT2D eigenvalue weighted by atomic mass is 79.9. The van der Waals surface area contributed by atoms with E-state index in [1.165, 1.54) is 83.5 Å². The maximum Gasteiger partial charge on any atom is 0.328 e. The highest BCUT2D eigenvalue weighted by molar-refractivity contribution is 9.09. The minimum absolute atomic E-state index is 0.104. The maximum atomic E-state index is 12.3. The number of carbonyl (C=O) groups excluding carboxylic acids is 3. The second kappa shape index (κ2) is 29.7. The van der Waals surface area contributed by atoms with E-state index in [4.69, 9.17) is 4.74 Å². The molecule has 0 radical (unpaired) electrons. The van der Waals surface area contributed by atoms with Crippen molar-refractivity contribution in [3.63, 3.8) is 0 Å². The number of hydrogen-bond acceptors (Lipinski definition) is 4. The summed E-state index contributed by atoms with van der Waals surface area (Å²) in [6.45, 7) is 5.48. The Morgan fingerprint density at radius 3 is 1.74 bits per heavy atom. The highest BCUT2D eigenvalue weighted by Crippen LogP contribution is 2.11. The molecule has 0 aliphatic rings. The van der Waals surface area contributed by atoms with E-state index in [0.29, 0.717) is 25.9 Å². The van der Waals surface area contributed by atoms with E-state index in [2.05, 4.69) is 38.8 Å². The van der Waals surface area contributed by atoms with Gasteiger partial charge < -0.3 is 20.7 Å². The van der Waals surface area contributed by atoms with Crippen molar-refractivity contribution in [2.24, 2.45) is 0 Å². The zero-order valence-corrected chi connectivity index (χ0v) is 26.9. The first-order valence-corrected chi connectivity index (χ1v) is 17.2. The topological polar surface area (TPSA) is 96.5 Å². The van der Waals surface area contributed by atoms with Crippen LogP contribution in [0.2, 0.25) is 0 Å². The van der Waals surface area contributed by atoms with Crippen molar-refractivity contribution in [2.75, 3.05) is 25.0 Å². The predicted molar refractivity (Wildman–Crippen MR) is 166 cm³/mol. The quantitative estimate of drug-likeness (QED) is 0.0471. The summed E-state index contributed by atoms with van der Waals surface area (Å²) in [4.78, 5) is 36.7. The molecular weight excluding hydrogens is 558 g/mol. The Labute approximate surface area is 248 Å². The van der Waals surface area contributed by atoms with E-state index in [9.17, 15) is 14.4 Å². The Balaban J connectivity index is 3.90. The zero-order chi connectivity index (χ0) is 28.8. The Kier molecular flexibility index (Phi) is 28.7. The van der Waals surface area contributed by atoms with Crippen LogP contribution in [0.4, 0.5) is 4.79 Å². The second-order valence-corrected chi connectivity index (χ2v) is 11.4. The van der Waals surface area contributed by atoms with E-state index in [-0.39, 0.29) is 18.5 Å². The van der Waals surface area contributed by atoms with Gasteiger partial charge in [-0.3, -0.25) is 4.79 Å². The number of carbonyl (C=O) groups is 3. The summed E-state index contributed by atoms with van der Waals surface area (Å²) >= 11 is 3.46. The third kappa shape index (κ3) is 26.7. The summed E-state index contributed by atoms with van der Waals surface area (Å²) in [5.41, 5.74) is 0. The molecule has 0 aromatic carbocycles. The van der Waals surface area contributed by atoms with E-state index in [1.54, 1.807) is 6.92 Å². The van der Waals surface area contributed by atoms with Crippen LogP contribution in [0.5, 0.6) is 0 Å². The monoisotopic (exact) mass is 617 g/mol. The molecule has 0 aliphatic carbocycles. The molecule has 0 aromatic heterocycles. The first-order chi connectivity index (χ1) is 19.0. The Morgan fingerprint density at radius 2 is 1.15 bits per heavy atom. The largest absolute Gasteiger partial charge is 0.464 e. The number of alkyl halides is 1. The maximum absolute atomic E-state index is 12.3. The predicted octanol–water partition coefficient (Wildman–Crippen LogP) is 7.94. The number of esters is 1.